The van der Waals surface area contributed by atoms with Crippen LogP contribution < -0.4 is 16.4 Å². The SMILES string of the molecule is Cc1ccccc1Nc1nc(N)nc(CNC2(C(=O)O)CCc3ccccc32)n1. The highest BCUT2D eigenvalue weighted by Gasteiger charge is 2.45. The number of nitrogen functional groups attached to an aromatic ring is 1. The van der Waals surface area contributed by atoms with Crippen molar-refractivity contribution in [3.8, 4) is 0 Å². The number of aryl methyl sites for hydroxylation is 2. The van der Waals surface area contributed by atoms with E-state index >= 15 is 0 Å². The van der Waals surface area contributed by atoms with Gasteiger partial charge in [-0.25, -0.2) is 4.79 Å². The molecule has 0 bridgehead atoms. The van der Waals surface area contributed by atoms with Crippen LogP contribution in [0.1, 0.15) is 28.9 Å². The highest BCUT2D eigenvalue weighted by atomic mass is 16.4. The third-order valence-electron chi connectivity index (χ3n) is 5.25. The molecule has 0 saturated carbocycles. The molecule has 1 aliphatic rings. The van der Waals surface area contributed by atoms with E-state index in [4.69, 9.17) is 5.73 Å². The number of para-hydroxylation sites is 1. The van der Waals surface area contributed by atoms with Crippen LogP contribution >= 0.6 is 0 Å². The molecule has 1 heterocycles. The lowest BCUT2D eigenvalue weighted by Crippen LogP contribution is -2.47. The number of fused-ring (bicyclic) bond motifs is 1. The number of carbonyl (C=O) groups is 1. The minimum Gasteiger partial charge on any atom is -0.480 e. The van der Waals surface area contributed by atoms with Gasteiger partial charge in [0.05, 0.1) is 6.54 Å². The first-order valence-electron chi connectivity index (χ1n) is 9.38. The Morgan fingerprint density at radius 2 is 1.90 bits per heavy atom. The van der Waals surface area contributed by atoms with Crippen LogP contribution in [-0.4, -0.2) is 26.0 Å². The van der Waals surface area contributed by atoms with Crippen molar-refractivity contribution in [2.24, 2.45) is 0 Å². The molecule has 0 amide bonds. The number of carboxylic acids is 1. The lowest BCUT2D eigenvalue weighted by Gasteiger charge is -2.27. The van der Waals surface area contributed by atoms with E-state index in [-0.39, 0.29) is 12.5 Å². The van der Waals surface area contributed by atoms with Crippen molar-refractivity contribution in [1.82, 2.24) is 20.3 Å². The molecule has 1 aromatic heterocycles. The zero-order chi connectivity index (χ0) is 20.4. The summed E-state index contributed by atoms with van der Waals surface area (Å²) >= 11 is 0. The maximum absolute atomic E-state index is 12.2. The van der Waals surface area contributed by atoms with Gasteiger partial charge in [0.15, 0.2) is 0 Å². The van der Waals surface area contributed by atoms with Crippen LogP contribution in [0.15, 0.2) is 48.5 Å². The summed E-state index contributed by atoms with van der Waals surface area (Å²) in [6.07, 6.45) is 1.17. The van der Waals surface area contributed by atoms with Crippen LogP contribution in [-0.2, 0) is 23.3 Å². The molecule has 0 saturated heterocycles. The summed E-state index contributed by atoms with van der Waals surface area (Å²) in [6.45, 7) is 2.12. The minimum atomic E-state index is -1.17. The summed E-state index contributed by atoms with van der Waals surface area (Å²) in [5, 5.41) is 16.3. The van der Waals surface area contributed by atoms with Crippen molar-refractivity contribution in [3.05, 3.63) is 71.0 Å². The Morgan fingerprint density at radius 1 is 1.14 bits per heavy atom. The molecular formula is C21H22N6O2. The van der Waals surface area contributed by atoms with E-state index in [1.54, 1.807) is 0 Å². The Kier molecular flexibility index (Phi) is 4.85. The summed E-state index contributed by atoms with van der Waals surface area (Å²) in [5.74, 6) is -0.148. The second-order valence-electron chi connectivity index (χ2n) is 7.09. The Balaban J connectivity index is 1.58. The van der Waals surface area contributed by atoms with Gasteiger partial charge in [0, 0.05) is 5.69 Å². The number of nitrogens with zero attached hydrogens (tertiary/aromatic N) is 3. The van der Waals surface area contributed by atoms with Gasteiger partial charge in [-0.1, -0.05) is 42.5 Å². The standard InChI is InChI=1S/C21H22N6O2/c1-13-6-2-5-9-16(13)24-20-26-17(25-19(22)27-20)12-23-21(18(28)29)11-10-14-7-3-4-8-15(14)21/h2-9,23H,10-12H2,1H3,(H,28,29)(H3,22,24,25,26,27). The van der Waals surface area contributed by atoms with Gasteiger partial charge < -0.3 is 16.2 Å². The Hall–Kier alpha value is -3.52. The average Bonchev–Trinajstić information content (AvgIpc) is 3.08. The molecular weight excluding hydrogens is 368 g/mol. The normalized spacial score (nSPS) is 17.7. The predicted molar refractivity (Wildman–Crippen MR) is 110 cm³/mol. The largest absolute Gasteiger partial charge is 0.480 e. The fraction of sp³-hybridized carbons (Fsp3) is 0.238. The van der Waals surface area contributed by atoms with E-state index in [0.29, 0.717) is 24.6 Å². The Bertz CT molecular complexity index is 1070. The van der Waals surface area contributed by atoms with Crippen molar-refractivity contribution < 1.29 is 9.90 Å². The summed E-state index contributed by atoms with van der Waals surface area (Å²) in [7, 11) is 0. The average molecular weight is 390 g/mol. The van der Waals surface area contributed by atoms with Crippen molar-refractivity contribution in [2.45, 2.75) is 31.8 Å². The number of rotatable bonds is 6. The molecule has 1 unspecified atom stereocenters. The van der Waals surface area contributed by atoms with E-state index in [9.17, 15) is 9.90 Å². The van der Waals surface area contributed by atoms with Crippen molar-refractivity contribution in [2.75, 3.05) is 11.1 Å². The fourth-order valence-corrected chi connectivity index (χ4v) is 3.73. The number of anilines is 3. The van der Waals surface area contributed by atoms with Crippen molar-refractivity contribution in [3.63, 3.8) is 0 Å². The molecule has 5 N–H and O–H groups in total. The van der Waals surface area contributed by atoms with E-state index in [1.807, 2.05) is 55.5 Å². The molecule has 2 aromatic carbocycles. The molecule has 0 fully saturated rings. The molecule has 1 aliphatic carbocycles. The zero-order valence-corrected chi connectivity index (χ0v) is 16.0. The molecule has 0 spiro atoms. The lowest BCUT2D eigenvalue weighted by atomic mass is 9.92. The second-order valence-corrected chi connectivity index (χ2v) is 7.09. The van der Waals surface area contributed by atoms with E-state index in [1.165, 1.54) is 0 Å². The molecule has 4 rings (SSSR count). The van der Waals surface area contributed by atoms with Crippen LogP contribution in [0.5, 0.6) is 0 Å². The number of aromatic nitrogens is 3. The first-order valence-corrected chi connectivity index (χ1v) is 9.38. The van der Waals surface area contributed by atoms with Crippen LogP contribution in [0, 0.1) is 6.92 Å². The molecule has 1 atom stereocenters. The number of benzene rings is 2. The Labute approximate surface area is 168 Å². The van der Waals surface area contributed by atoms with Gasteiger partial charge in [-0.3, -0.25) is 5.32 Å². The number of hydrogen-bond acceptors (Lipinski definition) is 7. The van der Waals surface area contributed by atoms with Gasteiger partial charge in [0.25, 0.3) is 0 Å². The molecule has 8 nitrogen and oxygen atoms in total. The molecule has 3 aromatic rings. The van der Waals surface area contributed by atoms with Crippen LogP contribution in [0.25, 0.3) is 0 Å². The molecule has 0 radical (unpaired) electrons. The molecule has 29 heavy (non-hydrogen) atoms. The minimum absolute atomic E-state index is 0.0732. The van der Waals surface area contributed by atoms with Crippen molar-refractivity contribution in [1.29, 1.82) is 0 Å². The Morgan fingerprint density at radius 3 is 2.69 bits per heavy atom. The van der Waals surface area contributed by atoms with E-state index < -0.39 is 11.5 Å². The van der Waals surface area contributed by atoms with Crippen molar-refractivity contribution >= 4 is 23.6 Å². The summed E-state index contributed by atoms with van der Waals surface area (Å²) in [4.78, 5) is 24.9. The van der Waals surface area contributed by atoms with E-state index in [2.05, 4.69) is 25.6 Å². The number of aliphatic carboxylic acids is 1. The number of nitrogens with two attached hydrogens (primary N) is 1. The lowest BCUT2D eigenvalue weighted by molar-refractivity contribution is -0.145. The van der Waals surface area contributed by atoms with Crippen LogP contribution in [0.4, 0.5) is 17.6 Å². The van der Waals surface area contributed by atoms with Gasteiger partial charge in [-0.15, -0.1) is 0 Å². The topological polar surface area (TPSA) is 126 Å². The first kappa shape index (κ1) is 18.8. The summed E-state index contributed by atoms with van der Waals surface area (Å²) in [6, 6.07) is 15.4. The quantitative estimate of drug-likeness (QED) is 0.506. The van der Waals surface area contributed by atoms with Crippen LogP contribution in [0.3, 0.4) is 0 Å². The van der Waals surface area contributed by atoms with Gasteiger partial charge in [-0.2, -0.15) is 15.0 Å². The molecule has 148 valence electrons. The smallest absolute Gasteiger partial charge is 0.328 e. The monoisotopic (exact) mass is 390 g/mol. The first-order chi connectivity index (χ1) is 14.0. The van der Waals surface area contributed by atoms with Gasteiger partial charge in [0.2, 0.25) is 11.9 Å². The fourth-order valence-electron chi connectivity index (χ4n) is 3.73. The number of hydrogen-bond donors (Lipinski definition) is 4. The maximum Gasteiger partial charge on any atom is 0.328 e. The molecule has 8 heteroatoms. The van der Waals surface area contributed by atoms with Crippen LogP contribution in [0.2, 0.25) is 0 Å². The van der Waals surface area contributed by atoms with Gasteiger partial charge in [0.1, 0.15) is 11.4 Å². The predicted octanol–water partition coefficient (Wildman–Crippen LogP) is 2.52. The third-order valence-corrected chi connectivity index (χ3v) is 5.25. The summed E-state index contributed by atoms with van der Waals surface area (Å²) in [5.41, 5.74) is 8.42. The van der Waals surface area contributed by atoms with Gasteiger partial charge >= 0.3 is 5.97 Å². The highest BCUT2D eigenvalue weighted by Crippen LogP contribution is 2.37. The molecule has 0 aliphatic heterocycles. The maximum atomic E-state index is 12.2. The van der Waals surface area contributed by atoms with Gasteiger partial charge in [-0.05, 0) is 42.5 Å². The third kappa shape index (κ3) is 3.62. The highest BCUT2D eigenvalue weighted by molar-refractivity contribution is 5.82. The number of nitrogens with one attached hydrogen (secondary N) is 2. The second kappa shape index (κ2) is 7.48. The zero-order valence-electron chi connectivity index (χ0n) is 16.0. The number of carboxylic acid groups (broad SMARTS) is 1. The van der Waals surface area contributed by atoms with E-state index in [0.717, 1.165) is 22.4 Å². The summed E-state index contributed by atoms with van der Waals surface area (Å²) < 4.78 is 0.